The van der Waals surface area contributed by atoms with Gasteiger partial charge >= 0.3 is 5.97 Å². The minimum Gasteiger partial charge on any atom is -0.480 e. The van der Waals surface area contributed by atoms with Crippen molar-refractivity contribution in [3.63, 3.8) is 0 Å². The predicted molar refractivity (Wildman–Crippen MR) is 106 cm³/mol. The lowest BCUT2D eigenvalue weighted by Gasteiger charge is -2.39. The predicted octanol–water partition coefficient (Wildman–Crippen LogP) is 2.01. The average Bonchev–Trinajstić information content (AvgIpc) is 3.28. The summed E-state index contributed by atoms with van der Waals surface area (Å²) in [7, 11) is 0. The van der Waals surface area contributed by atoms with Crippen LogP contribution in [0.15, 0.2) is 30.3 Å². The number of likely N-dealkylation sites (tertiary alicyclic amines) is 1. The van der Waals surface area contributed by atoms with Crippen LogP contribution in [0.5, 0.6) is 0 Å². The monoisotopic (exact) mass is 399 g/mol. The molecule has 4 rings (SSSR count). The summed E-state index contributed by atoms with van der Waals surface area (Å²) in [4.78, 5) is 34.8. The third-order valence-electron chi connectivity index (χ3n) is 6.24. The van der Waals surface area contributed by atoms with Crippen LogP contribution in [0, 0.1) is 11.3 Å². The smallest absolute Gasteiger partial charge is 0.323 e. The number of nitrogens with zero attached hydrogens (tertiary/aromatic N) is 2. The van der Waals surface area contributed by atoms with Crippen molar-refractivity contribution in [2.24, 2.45) is 11.3 Å². The van der Waals surface area contributed by atoms with Crippen molar-refractivity contribution in [3.05, 3.63) is 35.8 Å². The molecule has 0 radical (unpaired) electrons. The van der Waals surface area contributed by atoms with Gasteiger partial charge in [0.1, 0.15) is 5.65 Å². The Balaban J connectivity index is 1.70. The maximum absolute atomic E-state index is 13.3. The van der Waals surface area contributed by atoms with Gasteiger partial charge < -0.3 is 19.9 Å². The molecule has 0 spiro atoms. The van der Waals surface area contributed by atoms with Gasteiger partial charge in [-0.25, -0.2) is 4.98 Å². The number of aliphatic carboxylic acids is 1. The molecule has 0 bridgehead atoms. The lowest BCUT2D eigenvalue weighted by molar-refractivity contribution is -0.165. The van der Waals surface area contributed by atoms with Crippen LogP contribution in [0.1, 0.15) is 31.7 Å². The number of hydrogen-bond donors (Lipinski definition) is 3. The fourth-order valence-electron chi connectivity index (χ4n) is 4.39. The number of hydrogen-bond acceptors (Lipinski definition) is 6. The minimum atomic E-state index is -1.64. The Morgan fingerprint density at radius 1 is 1.45 bits per heavy atom. The molecular formula is C21H25N3O5. The van der Waals surface area contributed by atoms with E-state index in [0.717, 1.165) is 23.8 Å². The molecule has 2 saturated heterocycles. The standard InChI is InChI=1S/C21H25N3O5/c1-2-21(20(27)28)17(26)16(10-14-11-23-18-15(14)4-3-7-22-18)29-19(21)24-8-5-13(12-25)6-9-24/h3-4,7,10-11,13,19,25H,2,5-6,8-9,12H2,1H3,(H,22,23)(H,27,28). The number of aromatic amines is 1. The maximum Gasteiger partial charge on any atom is 0.323 e. The Kier molecular flexibility index (Phi) is 5.14. The number of carbonyl (C=O) groups is 2. The molecule has 3 N–H and O–H groups in total. The molecule has 8 heteroatoms. The highest BCUT2D eigenvalue weighted by Gasteiger charge is 2.61. The lowest BCUT2D eigenvalue weighted by atomic mass is 9.78. The zero-order valence-corrected chi connectivity index (χ0v) is 16.3. The van der Waals surface area contributed by atoms with Crippen LogP contribution in [0.4, 0.5) is 0 Å². The summed E-state index contributed by atoms with van der Waals surface area (Å²) < 4.78 is 6.03. The van der Waals surface area contributed by atoms with Crippen molar-refractivity contribution in [1.82, 2.24) is 14.9 Å². The Labute approximate surface area is 168 Å². The summed E-state index contributed by atoms with van der Waals surface area (Å²) in [5.74, 6) is -1.39. The van der Waals surface area contributed by atoms with Gasteiger partial charge in [0.15, 0.2) is 17.4 Å². The zero-order valence-electron chi connectivity index (χ0n) is 16.3. The molecule has 0 saturated carbocycles. The van der Waals surface area contributed by atoms with E-state index in [4.69, 9.17) is 4.74 Å². The highest BCUT2D eigenvalue weighted by atomic mass is 16.5. The fraction of sp³-hybridized carbons (Fsp3) is 0.476. The highest BCUT2D eigenvalue weighted by Crippen LogP contribution is 2.44. The number of Topliss-reactive ketones (excluding diaryl/α,β-unsaturated/α-hetero) is 1. The molecule has 154 valence electrons. The Bertz CT molecular complexity index is 960. The van der Waals surface area contributed by atoms with E-state index in [1.807, 2.05) is 11.0 Å². The number of allylic oxidation sites excluding steroid dienone is 1. The number of fused-ring (bicyclic) bond motifs is 1. The van der Waals surface area contributed by atoms with E-state index in [9.17, 15) is 19.8 Å². The SMILES string of the molecule is CCC1(C(=O)O)C(=O)C(=Cc2c[nH]c3ncccc23)OC1N1CCC(CO)CC1. The number of piperidine rings is 1. The molecule has 8 nitrogen and oxygen atoms in total. The molecule has 0 aliphatic carbocycles. The molecule has 2 fully saturated rings. The number of pyridine rings is 1. The first-order valence-electron chi connectivity index (χ1n) is 9.94. The van der Waals surface area contributed by atoms with Crippen LogP contribution in [0.25, 0.3) is 17.1 Å². The number of H-pyrrole nitrogens is 1. The first-order valence-corrected chi connectivity index (χ1v) is 9.94. The summed E-state index contributed by atoms with van der Waals surface area (Å²) in [6.07, 6.45) is 5.79. The third-order valence-corrected chi connectivity index (χ3v) is 6.24. The lowest BCUT2D eigenvalue weighted by Crippen LogP contribution is -2.54. The van der Waals surface area contributed by atoms with Crippen molar-refractivity contribution in [2.75, 3.05) is 19.7 Å². The van der Waals surface area contributed by atoms with E-state index in [1.54, 1.807) is 31.5 Å². The quantitative estimate of drug-likeness (QED) is 0.520. The molecule has 4 heterocycles. The topological polar surface area (TPSA) is 116 Å². The number of aliphatic hydroxyl groups excluding tert-OH is 1. The van der Waals surface area contributed by atoms with Gasteiger partial charge in [-0.1, -0.05) is 6.92 Å². The largest absolute Gasteiger partial charge is 0.480 e. The summed E-state index contributed by atoms with van der Waals surface area (Å²) >= 11 is 0. The fourth-order valence-corrected chi connectivity index (χ4v) is 4.39. The van der Waals surface area contributed by atoms with Crippen molar-refractivity contribution >= 4 is 28.9 Å². The second-order valence-electron chi connectivity index (χ2n) is 7.74. The van der Waals surface area contributed by atoms with Crippen LogP contribution in [-0.4, -0.2) is 62.8 Å². The molecule has 29 heavy (non-hydrogen) atoms. The van der Waals surface area contributed by atoms with Crippen molar-refractivity contribution in [1.29, 1.82) is 0 Å². The maximum atomic E-state index is 13.3. The summed E-state index contributed by atoms with van der Waals surface area (Å²) in [6.45, 7) is 3.00. The molecule has 2 aliphatic heterocycles. The van der Waals surface area contributed by atoms with E-state index in [2.05, 4.69) is 9.97 Å². The van der Waals surface area contributed by atoms with Gasteiger partial charge in [0.25, 0.3) is 0 Å². The van der Waals surface area contributed by atoms with Gasteiger partial charge in [-0.2, -0.15) is 0 Å². The first kappa shape index (κ1) is 19.6. The molecule has 2 atom stereocenters. The normalized spacial score (nSPS) is 27.6. The summed E-state index contributed by atoms with van der Waals surface area (Å²) in [6, 6.07) is 3.68. The van der Waals surface area contributed by atoms with Gasteiger partial charge in [-0.15, -0.1) is 0 Å². The Hall–Kier alpha value is -2.71. The number of carbonyl (C=O) groups excluding carboxylic acids is 1. The van der Waals surface area contributed by atoms with Crippen LogP contribution < -0.4 is 0 Å². The van der Waals surface area contributed by atoms with Gasteiger partial charge in [0.05, 0.1) is 0 Å². The second kappa shape index (κ2) is 7.61. The molecular weight excluding hydrogens is 374 g/mol. The summed E-state index contributed by atoms with van der Waals surface area (Å²) in [5, 5.41) is 20.3. The number of carboxylic acids is 1. The minimum absolute atomic E-state index is 0.0632. The molecule has 0 amide bonds. The summed E-state index contributed by atoms with van der Waals surface area (Å²) in [5.41, 5.74) is -0.221. The molecule has 2 unspecified atom stereocenters. The van der Waals surface area contributed by atoms with Crippen LogP contribution in [-0.2, 0) is 14.3 Å². The number of ether oxygens (including phenoxy) is 1. The molecule has 2 aliphatic rings. The van der Waals surface area contributed by atoms with Crippen LogP contribution in [0.3, 0.4) is 0 Å². The van der Waals surface area contributed by atoms with Crippen molar-refractivity contribution in [3.8, 4) is 0 Å². The van der Waals surface area contributed by atoms with E-state index in [0.29, 0.717) is 18.7 Å². The van der Waals surface area contributed by atoms with Gasteiger partial charge in [0, 0.05) is 43.0 Å². The average molecular weight is 399 g/mol. The Morgan fingerprint density at radius 2 is 2.21 bits per heavy atom. The number of nitrogens with one attached hydrogen (secondary N) is 1. The van der Waals surface area contributed by atoms with Crippen molar-refractivity contribution < 1.29 is 24.5 Å². The Morgan fingerprint density at radius 3 is 2.86 bits per heavy atom. The molecule has 0 aromatic carbocycles. The van der Waals surface area contributed by atoms with E-state index in [-0.39, 0.29) is 24.7 Å². The number of rotatable bonds is 5. The number of ketones is 1. The van der Waals surface area contributed by atoms with Gasteiger partial charge in [0.2, 0.25) is 5.78 Å². The first-order chi connectivity index (χ1) is 14.0. The van der Waals surface area contributed by atoms with E-state index >= 15 is 0 Å². The molecule has 2 aromatic heterocycles. The van der Waals surface area contributed by atoms with Crippen LogP contribution >= 0.6 is 0 Å². The number of carboxylic acid groups (broad SMARTS) is 1. The van der Waals surface area contributed by atoms with E-state index < -0.39 is 23.4 Å². The zero-order chi connectivity index (χ0) is 20.6. The van der Waals surface area contributed by atoms with E-state index in [1.165, 1.54) is 0 Å². The second-order valence-corrected chi connectivity index (χ2v) is 7.74. The molecule has 2 aromatic rings. The van der Waals surface area contributed by atoms with Gasteiger partial charge in [-0.05, 0) is 43.4 Å². The number of aromatic nitrogens is 2. The van der Waals surface area contributed by atoms with Crippen LogP contribution in [0.2, 0.25) is 0 Å². The number of aliphatic hydroxyl groups is 1. The third kappa shape index (κ3) is 3.12. The van der Waals surface area contributed by atoms with Crippen molar-refractivity contribution in [2.45, 2.75) is 32.4 Å². The highest BCUT2D eigenvalue weighted by molar-refractivity contribution is 6.15. The van der Waals surface area contributed by atoms with Gasteiger partial charge in [-0.3, -0.25) is 14.5 Å².